The van der Waals surface area contributed by atoms with Crippen LogP contribution in [0.5, 0.6) is 0 Å². The van der Waals surface area contributed by atoms with E-state index in [1.165, 1.54) is 16.7 Å². The maximum absolute atomic E-state index is 12.3. The molecule has 31 heavy (non-hydrogen) atoms. The Balaban J connectivity index is 1.72. The molecule has 0 spiro atoms. The lowest BCUT2D eigenvalue weighted by Crippen LogP contribution is -2.21. The highest BCUT2D eigenvalue weighted by atomic mass is 35.5. The van der Waals surface area contributed by atoms with Crippen molar-refractivity contribution in [2.75, 3.05) is 14.1 Å². The minimum atomic E-state index is 0.0150. The zero-order valence-corrected chi connectivity index (χ0v) is 18.9. The number of halogens is 1. The van der Waals surface area contributed by atoms with Gasteiger partial charge >= 0.3 is 0 Å². The van der Waals surface area contributed by atoms with Crippen molar-refractivity contribution in [1.29, 1.82) is 0 Å². The molecule has 0 radical (unpaired) electrons. The Morgan fingerprint density at radius 2 is 1.81 bits per heavy atom. The van der Waals surface area contributed by atoms with Crippen LogP contribution in [0.3, 0.4) is 0 Å². The number of rotatable bonds is 4. The average molecular weight is 431 g/mol. The van der Waals surface area contributed by atoms with Crippen molar-refractivity contribution in [3.8, 4) is 0 Å². The minimum Gasteiger partial charge on any atom is -0.345 e. The number of hydrogen-bond donors (Lipinski definition) is 0. The highest BCUT2D eigenvalue weighted by molar-refractivity contribution is 6.29. The fraction of sp³-hybridized carbons (Fsp3) is 0.259. The first kappa shape index (κ1) is 21.3. The van der Waals surface area contributed by atoms with E-state index in [0.717, 1.165) is 24.0 Å². The SMILES string of the molecule is CC1c2cc(Cl)ncc2C=C(c2ccc(C(=O)N(C)C)cc2)CC1Cc1ccccc1. The molecule has 1 aliphatic rings. The second kappa shape index (κ2) is 9.07. The zero-order valence-electron chi connectivity index (χ0n) is 18.2. The summed E-state index contributed by atoms with van der Waals surface area (Å²) in [5.41, 5.74) is 6.81. The number of benzene rings is 2. The van der Waals surface area contributed by atoms with Gasteiger partial charge in [0.2, 0.25) is 0 Å². The lowest BCUT2D eigenvalue weighted by Gasteiger charge is -2.24. The standard InChI is InChI=1S/C27H27ClN2O/c1-18-22(13-19-7-5-4-6-8-19)14-23(15-24-17-29-26(28)16-25(18)24)20-9-11-21(12-10-20)27(31)30(2)3/h4-12,15-18,22H,13-14H2,1-3H3. The van der Waals surface area contributed by atoms with Crippen molar-refractivity contribution in [2.24, 2.45) is 5.92 Å². The number of fused-ring (bicyclic) bond motifs is 1. The van der Waals surface area contributed by atoms with E-state index >= 15 is 0 Å². The van der Waals surface area contributed by atoms with Crippen LogP contribution in [-0.2, 0) is 6.42 Å². The lowest BCUT2D eigenvalue weighted by molar-refractivity contribution is 0.0827. The number of hydrogen-bond acceptors (Lipinski definition) is 2. The van der Waals surface area contributed by atoms with Gasteiger partial charge in [-0.3, -0.25) is 4.79 Å². The van der Waals surface area contributed by atoms with Crippen molar-refractivity contribution in [3.63, 3.8) is 0 Å². The van der Waals surface area contributed by atoms with Crippen LogP contribution in [0, 0.1) is 5.92 Å². The molecule has 1 amide bonds. The number of allylic oxidation sites excluding steroid dienone is 1. The quantitative estimate of drug-likeness (QED) is 0.452. The van der Waals surface area contributed by atoms with Gasteiger partial charge in [0, 0.05) is 25.9 Å². The highest BCUT2D eigenvalue weighted by Crippen LogP contribution is 2.41. The summed E-state index contributed by atoms with van der Waals surface area (Å²) in [7, 11) is 3.55. The summed E-state index contributed by atoms with van der Waals surface area (Å²) >= 11 is 6.26. The molecule has 4 heteroatoms. The number of carbonyl (C=O) groups is 1. The third kappa shape index (κ3) is 4.72. The van der Waals surface area contributed by atoms with E-state index in [9.17, 15) is 4.79 Å². The molecule has 3 aromatic rings. The summed E-state index contributed by atoms with van der Waals surface area (Å²) in [6.07, 6.45) is 6.06. The fourth-order valence-electron chi connectivity index (χ4n) is 4.38. The van der Waals surface area contributed by atoms with Gasteiger partial charge in [0.05, 0.1) is 0 Å². The molecule has 2 unspecified atom stereocenters. The first-order chi connectivity index (χ1) is 14.9. The fourth-order valence-corrected chi connectivity index (χ4v) is 4.55. The maximum atomic E-state index is 12.3. The number of amides is 1. The predicted octanol–water partition coefficient (Wildman–Crippen LogP) is 6.34. The zero-order chi connectivity index (χ0) is 22.0. The maximum Gasteiger partial charge on any atom is 0.253 e. The van der Waals surface area contributed by atoms with Gasteiger partial charge in [-0.05, 0) is 76.8 Å². The summed E-state index contributed by atoms with van der Waals surface area (Å²) in [6, 6.07) is 20.6. The Kier molecular flexibility index (Phi) is 6.24. The van der Waals surface area contributed by atoms with Gasteiger partial charge in [-0.15, -0.1) is 0 Å². The lowest BCUT2D eigenvalue weighted by atomic mass is 9.80. The monoisotopic (exact) mass is 430 g/mol. The van der Waals surface area contributed by atoms with E-state index in [2.05, 4.69) is 60.4 Å². The Morgan fingerprint density at radius 3 is 2.48 bits per heavy atom. The highest BCUT2D eigenvalue weighted by Gasteiger charge is 2.26. The third-order valence-electron chi connectivity index (χ3n) is 6.19. The van der Waals surface area contributed by atoms with Gasteiger partial charge in [0.1, 0.15) is 5.15 Å². The van der Waals surface area contributed by atoms with Crippen molar-refractivity contribution >= 4 is 29.2 Å². The average Bonchev–Trinajstić information content (AvgIpc) is 2.91. The summed E-state index contributed by atoms with van der Waals surface area (Å²) in [5.74, 6) is 0.789. The Bertz CT molecular complexity index is 1100. The van der Waals surface area contributed by atoms with Crippen molar-refractivity contribution in [3.05, 3.63) is 99.8 Å². The van der Waals surface area contributed by atoms with Crippen LogP contribution >= 0.6 is 11.6 Å². The number of pyridine rings is 1. The summed E-state index contributed by atoms with van der Waals surface area (Å²) in [6.45, 7) is 2.29. The molecule has 1 aliphatic carbocycles. The Labute approximate surface area is 189 Å². The van der Waals surface area contributed by atoms with E-state index in [0.29, 0.717) is 22.6 Å². The molecular weight excluding hydrogens is 404 g/mol. The van der Waals surface area contributed by atoms with Crippen LogP contribution in [0.1, 0.15) is 51.9 Å². The van der Waals surface area contributed by atoms with Crippen LogP contribution in [0.25, 0.3) is 11.6 Å². The van der Waals surface area contributed by atoms with Crippen LogP contribution in [0.2, 0.25) is 5.15 Å². The van der Waals surface area contributed by atoms with Crippen LogP contribution in [-0.4, -0.2) is 29.9 Å². The van der Waals surface area contributed by atoms with E-state index in [4.69, 9.17) is 11.6 Å². The molecule has 0 aliphatic heterocycles. The van der Waals surface area contributed by atoms with Gasteiger partial charge in [-0.25, -0.2) is 4.98 Å². The molecule has 2 atom stereocenters. The summed E-state index contributed by atoms with van der Waals surface area (Å²) in [5, 5.41) is 0.535. The van der Waals surface area contributed by atoms with Crippen molar-refractivity contribution in [2.45, 2.75) is 25.7 Å². The number of nitrogens with zero attached hydrogens (tertiary/aromatic N) is 2. The smallest absolute Gasteiger partial charge is 0.253 e. The molecule has 0 saturated carbocycles. The first-order valence-corrected chi connectivity index (χ1v) is 11.0. The molecule has 158 valence electrons. The molecule has 1 aromatic heterocycles. The minimum absolute atomic E-state index is 0.0150. The molecular formula is C27H27ClN2O. The normalized spacial score (nSPS) is 18.0. The Morgan fingerprint density at radius 1 is 1.10 bits per heavy atom. The first-order valence-electron chi connectivity index (χ1n) is 10.6. The summed E-state index contributed by atoms with van der Waals surface area (Å²) in [4.78, 5) is 18.2. The topological polar surface area (TPSA) is 33.2 Å². The predicted molar refractivity (Wildman–Crippen MR) is 128 cm³/mol. The van der Waals surface area contributed by atoms with Crippen LogP contribution in [0.4, 0.5) is 0 Å². The van der Waals surface area contributed by atoms with Gasteiger partial charge in [-0.1, -0.05) is 61.0 Å². The Hall–Kier alpha value is -2.91. The second-order valence-electron chi connectivity index (χ2n) is 8.53. The molecule has 2 aromatic carbocycles. The molecule has 0 saturated heterocycles. The molecule has 1 heterocycles. The number of aromatic nitrogens is 1. The van der Waals surface area contributed by atoms with Gasteiger partial charge in [0.15, 0.2) is 0 Å². The summed E-state index contributed by atoms with van der Waals surface area (Å²) < 4.78 is 0. The van der Waals surface area contributed by atoms with Crippen molar-refractivity contribution < 1.29 is 4.79 Å². The van der Waals surface area contributed by atoms with E-state index in [1.807, 2.05) is 24.4 Å². The van der Waals surface area contributed by atoms with Crippen molar-refractivity contribution in [1.82, 2.24) is 9.88 Å². The largest absolute Gasteiger partial charge is 0.345 e. The molecule has 0 fully saturated rings. The molecule has 0 N–H and O–H groups in total. The van der Waals surface area contributed by atoms with Gasteiger partial charge in [-0.2, -0.15) is 0 Å². The molecule has 0 bridgehead atoms. The third-order valence-corrected chi connectivity index (χ3v) is 6.40. The van der Waals surface area contributed by atoms with E-state index in [1.54, 1.807) is 19.0 Å². The van der Waals surface area contributed by atoms with E-state index in [-0.39, 0.29) is 5.91 Å². The molecule has 4 rings (SSSR count). The van der Waals surface area contributed by atoms with Crippen LogP contribution < -0.4 is 0 Å². The number of carbonyl (C=O) groups excluding carboxylic acids is 1. The van der Waals surface area contributed by atoms with Gasteiger partial charge < -0.3 is 4.90 Å². The molecule has 3 nitrogen and oxygen atoms in total. The second-order valence-corrected chi connectivity index (χ2v) is 8.91. The van der Waals surface area contributed by atoms with E-state index < -0.39 is 0 Å². The van der Waals surface area contributed by atoms with Crippen LogP contribution in [0.15, 0.2) is 66.9 Å². The van der Waals surface area contributed by atoms with Gasteiger partial charge in [0.25, 0.3) is 5.91 Å².